The van der Waals surface area contributed by atoms with E-state index in [0.717, 1.165) is 28.6 Å². The van der Waals surface area contributed by atoms with Gasteiger partial charge in [-0.15, -0.1) is 0 Å². The van der Waals surface area contributed by atoms with E-state index in [1.165, 1.54) is 11.8 Å². The average molecular weight is 317 g/mol. The van der Waals surface area contributed by atoms with Crippen LogP contribution in [0.3, 0.4) is 0 Å². The lowest BCUT2D eigenvalue weighted by Crippen LogP contribution is -2.04. The summed E-state index contributed by atoms with van der Waals surface area (Å²) in [6.07, 6.45) is 4.92. The zero-order valence-electron chi connectivity index (χ0n) is 12.7. The summed E-state index contributed by atoms with van der Waals surface area (Å²) < 4.78 is 4.98. The third-order valence-electron chi connectivity index (χ3n) is 3.04. The molecule has 116 valence electrons. The van der Waals surface area contributed by atoms with E-state index < -0.39 is 0 Å². The lowest BCUT2D eigenvalue weighted by Gasteiger charge is -1.97. The summed E-state index contributed by atoms with van der Waals surface area (Å²) in [6, 6.07) is 7.76. The lowest BCUT2D eigenvalue weighted by atomic mass is 10.1. The number of rotatable bonds is 6. The van der Waals surface area contributed by atoms with Gasteiger partial charge in [0.15, 0.2) is 5.12 Å². The standard InChI is InChI=1S/C17H19NO3S/c1-3-21-17(20)16-11-14-8-7-13(10-15(14)18-16)6-4-5-9-22-12(2)19/h4,6-8,10-11,18H,3,5,9H2,1-2H3. The number of allylic oxidation sites excluding steroid dienone is 1. The molecule has 0 unspecified atom stereocenters. The molecule has 1 N–H and O–H groups in total. The maximum atomic E-state index is 11.7. The number of benzene rings is 1. The van der Waals surface area contributed by atoms with E-state index in [1.807, 2.05) is 30.4 Å². The van der Waals surface area contributed by atoms with Gasteiger partial charge in [-0.2, -0.15) is 0 Å². The van der Waals surface area contributed by atoms with Gasteiger partial charge in [0.05, 0.1) is 6.61 Å². The lowest BCUT2D eigenvalue weighted by molar-refractivity contribution is -0.109. The van der Waals surface area contributed by atoms with Gasteiger partial charge in [0.25, 0.3) is 0 Å². The highest BCUT2D eigenvalue weighted by Gasteiger charge is 2.09. The molecule has 0 aliphatic heterocycles. The second-order valence-electron chi connectivity index (χ2n) is 4.78. The average Bonchev–Trinajstić information content (AvgIpc) is 2.90. The van der Waals surface area contributed by atoms with Crippen LogP contribution in [0.5, 0.6) is 0 Å². The van der Waals surface area contributed by atoms with Gasteiger partial charge in [-0.25, -0.2) is 4.79 Å². The third kappa shape index (κ3) is 4.49. The highest BCUT2D eigenvalue weighted by molar-refractivity contribution is 8.13. The van der Waals surface area contributed by atoms with Crippen LogP contribution in [-0.4, -0.2) is 28.4 Å². The van der Waals surface area contributed by atoms with Crippen molar-refractivity contribution >= 4 is 39.8 Å². The molecule has 2 rings (SSSR count). The summed E-state index contributed by atoms with van der Waals surface area (Å²) in [5.41, 5.74) is 2.43. The number of hydrogen-bond acceptors (Lipinski definition) is 4. The zero-order valence-corrected chi connectivity index (χ0v) is 13.5. The van der Waals surface area contributed by atoms with Crippen molar-refractivity contribution in [2.45, 2.75) is 20.3 Å². The first-order valence-electron chi connectivity index (χ1n) is 7.20. The fraction of sp³-hybridized carbons (Fsp3) is 0.294. The second-order valence-corrected chi connectivity index (χ2v) is 6.05. The number of thioether (sulfide) groups is 1. The van der Waals surface area contributed by atoms with E-state index in [4.69, 9.17) is 4.74 Å². The molecule has 1 aromatic carbocycles. The summed E-state index contributed by atoms with van der Waals surface area (Å²) in [4.78, 5) is 25.6. The Morgan fingerprint density at radius 3 is 2.86 bits per heavy atom. The van der Waals surface area contributed by atoms with Crippen LogP contribution >= 0.6 is 11.8 Å². The predicted octanol–water partition coefficient (Wildman–Crippen LogP) is 4.03. The quantitative estimate of drug-likeness (QED) is 0.645. The maximum absolute atomic E-state index is 11.7. The normalized spacial score (nSPS) is 11.2. The van der Waals surface area contributed by atoms with Crippen molar-refractivity contribution in [3.05, 3.63) is 41.6 Å². The molecule has 0 bridgehead atoms. The van der Waals surface area contributed by atoms with Crippen LogP contribution in [0.25, 0.3) is 17.0 Å². The van der Waals surface area contributed by atoms with Crippen molar-refractivity contribution < 1.29 is 14.3 Å². The van der Waals surface area contributed by atoms with Crippen molar-refractivity contribution in [2.75, 3.05) is 12.4 Å². The van der Waals surface area contributed by atoms with Crippen LogP contribution in [0.15, 0.2) is 30.3 Å². The highest BCUT2D eigenvalue weighted by Crippen LogP contribution is 2.19. The number of hydrogen-bond donors (Lipinski definition) is 1. The predicted molar refractivity (Wildman–Crippen MR) is 91.0 cm³/mol. The van der Waals surface area contributed by atoms with Crippen molar-refractivity contribution in [1.29, 1.82) is 0 Å². The third-order valence-corrected chi connectivity index (χ3v) is 3.89. The fourth-order valence-electron chi connectivity index (χ4n) is 2.06. The van der Waals surface area contributed by atoms with Crippen LogP contribution in [-0.2, 0) is 9.53 Å². The van der Waals surface area contributed by atoms with E-state index in [9.17, 15) is 9.59 Å². The van der Waals surface area contributed by atoms with Crippen molar-refractivity contribution in [1.82, 2.24) is 4.98 Å². The SMILES string of the molecule is CCOC(=O)c1cc2ccc(C=CCCSC(C)=O)cc2[nH]1. The van der Waals surface area contributed by atoms with Gasteiger partial charge < -0.3 is 9.72 Å². The summed E-state index contributed by atoms with van der Waals surface area (Å²) in [6.45, 7) is 3.73. The number of H-pyrrole nitrogens is 1. The Kier molecular flexibility index (Phi) is 5.83. The number of carbonyl (C=O) groups is 2. The molecule has 0 fully saturated rings. The number of aromatic nitrogens is 1. The minimum absolute atomic E-state index is 0.146. The monoisotopic (exact) mass is 317 g/mol. The minimum atomic E-state index is -0.336. The van der Waals surface area contributed by atoms with Crippen molar-refractivity contribution in [2.24, 2.45) is 0 Å². The van der Waals surface area contributed by atoms with Gasteiger partial charge in [-0.1, -0.05) is 36.0 Å². The van der Waals surface area contributed by atoms with Gasteiger partial charge in [0.2, 0.25) is 0 Å². The van der Waals surface area contributed by atoms with Crippen molar-refractivity contribution in [3.8, 4) is 0 Å². The molecule has 4 nitrogen and oxygen atoms in total. The van der Waals surface area contributed by atoms with Crippen LogP contribution in [0.1, 0.15) is 36.3 Å². The van der Waals surface area contributed by atoms with E-state index in [1.54, 1.807) is 19.9 Å². The highest BCUT2D eigenvalue weighted by atomic mass is 32.2. The van der Waals surface area contributed by atoms with Gasteiger partial charge >= 0.3 is 5.97 Å². The number of ether oxygens (including phenoxy) is 1. The number of carbonyl (C=O) groups excluding carboxylic acids is 2. The number of esters is 1. The molecule has 2 aromatic rings. The molecule has 0 atom stereocenters. The molecular weight excluding hydrogens is 298 g/mol. The maximum Gasteiger partial charge on any atom is 0.354 e. The summed E-state index contributed by atoms with van der Waals surface area (Å²) in [7, 11) is 0. The van der Waals surface area contributed by atoms with E-state index in [2.05, 4.69) is 4.98 Å². The topological polar surface area (TPSA) is 59.2 Å². The Balaban J connectivity index is 2.05. The molecule has 5 heteroatoms. The van der Waals surface area contributed by atoms with Crippen LogP contribution < -0.4 is 0 Å². The van der Waals surface area contributed by atoms with Crippen LogP contribution in [0.4, 0.5) is 0 Å². The molecule has 0 aliphatic carbocycles. The Morgan fingerprint density at radius 2 is 2.14 bits per heavy atom. The Bertz CT molecular complexity index is 703. The van der Waals surface area contributed by atoms with E-state index in [-0.39, 0.29) is 11.1 Å². The molecule has 0 aliphatic rings. The van der Waals surface area contributed by atoms with Gasteiger partial charge in [0, 0.05) is 23.6 Å². The number of fused-ring (bicyclic) bond motifs is 1. The largest absolute Gasteiger partial charge is 0.461 e. The van der Waals surface area contributed by atoms with E-state index >= 15 is 0 Å². The smallest absolute Gasteiger partial charge is 0.354 e. The summed E-state index contributed by atoms with van der Waals surface area (Å²) in [5, 5.41) is 1.13. The molecular formula is C17H19NO3S. The van der Waals surface area contributed by atoms with Gasteiger partial charge in [0.1, 0.15) is 5.69 Å². The molecule has 0 radical (unpaired) electrons. The first kappa shape index (κ1) is 16.4. The second kappa shape index (κ2) is 7.84. The van der Waals surface area contributed by atoms with Crippen molar-refractivity contribution in [3.63, 3.8) is 0 Å². The van der Waals surface area contributed by atoms with Gasteiger partial charge in [-0.3, -0.25) is 4.79 Å². The summed E-state index contributed by atoms with van der Waals surface area (Å²) in [5.74, 6) is 0.459. The summed E-state index contributed by atoms with van der Waals surface area (Å²) >= 11 is 1.33. The minimum Gasteiger partial charge on any atom is -0.461 e. The molecule has 1 aromatic heterocycles. The molecule has 0 amide bonds. The molecule has 1 heterocycles. The fourth-order valence-corrected chi connectivity index (χ4v) is 2.60. The zero-order chi connectivity index (χ0) is 15.9. The molecule has 0 spiro atoms. The first-order valence-corrected chi connectivity index (χ1v) is 8.18. The van der Waals surface area contributed by atoms with Gasteiger partial charge in [-0.05, 0) is 31.0 Å². The number of aromatic amines is 1. The Hall–Kier alpha value is -2.01. The molecule has 0 saturated carbocycles. The molecule has 0 saturated heterocycles. The Labute approximate surface area is 133 Å². The first-order chi connectivity index (χ1) is 10.6. The molecule has 22 heavy (non-hydrogen) atoms. The van der Waals surface area contributed by atoms with Crippen LogP contribution in [0, 0.1) is 0 Å². The van der Waals surface area contributed by atoms with E-state index in [0.29, 0.717) is 12.3 Å². The Morgan fingerprint density at radius 1 is 1.32 bits per heavy atom. The van der Waals surface area contributed by atoms with Crippen LogP contribution in [0.2, 0.25) is 0 Å². The number of nitrogens with one attached hydrogen (secondary N) is 1.